The fourth-order valence-corrected chi connectivity index (χ4v) is 2.64. The van der Waals surface area contributed by atoms with E-state index in [0.717, 1.165) is 5.56 Å². The molecule has 1 N–H and O–H groups in total. The third-order valence-corrected chi connectivity index (χ3v) is 4.50. The Morgan fingerprint density at radius 1 is 1.10 bits per heavy atom. The Balaban J connectivity index is 2.30. The molecule has 0 bridgehead atoms. The first-order valence-electron chi connectivity index (χ1n) is 6.70. The van der Waals surface area contributed by atoms with Crippen molar-refractivity contribution in [3.8, 4) is 0 Å². The van der Waals surface area contributed by atoms with Crippen LogP contribution < -0.4 is 0 Å². The Hall–Kier alpha value is -1.26. The molecule has 0 aliphatic rings. The van der Waals surface area contributed by atoms with Crippen LogP contribution in [0.25, 0.3) is 0 Å². The normalized spacial score (nSPS) is 13.2. The molecule has 2 aromatic rings. The fraction of sp³-hybridized carbons (Fsp3) is 0.294. The standard InChI is InChI=1S/C17H17BrF2O/c1-17(2,11-6-4-3-5-7-11)15(21)10-12-14(19)9-8-13(18)16(12)20/h3-9,15,21H,10H2,1-2H3. The summed E-state index contributed by atoms with van der Waals surface area (Å²) in [5.41, 5.74) is 0.219. The molecule has 0 radical (unpaired) electrons. The van der Waals surface area contributed by atoms with Crippen molar-refractivity contribution in [3.63, 3.8) is 0 Å². The Bertz CT molecular complexity index is 626. The van der Waals surface area contributed by atoms with Crippen LogP contribution in [0.5, 0.6) is 0 Å². The smallest absolute Gasteiger partial charge is 0.143 e. The molecule has 0 aliphatic carbocycles. The molecule has 2 rings (SSSR count). The second-order valence-electron chi connectivity index (χ2n) is 5.63. The van der Waals surface area contributed by atoms with Crippen LogP contribution in [-0.2, 0) is 11.8 Å². The monoisotopic (exact) mass is 354 g/mol. The van der Waals surface area contributed by atoms with Crippen molar-refractivity contribution in [2.75, 3.05) is 0 Å². The first-order chi connectivity index (χ1) is 9.84. The Morgan fingerprint density at radius 2 is 1.71 bits per heavy atom. The topological polar surface area (TPSA) is 20.2 Å². The maximum atomic E-state index is 14.0. The van der Waals surface area contributed by atoms with Crippen LogP contribution in [0.4, 0.5) is 8.78 Å². The number of aliphatic hydroxyl groups is 1. The van der Waals surface area contributed by atoms with Crippen molar-refractivity contribution in [3.05, 3.63) is 69.7 Å². The summed E-state index contributed by atoms with van der Waals surface area (Å²) in [4.78, 5) is 0. The summed E-state index contributed by atoms with van der Waals surface area (Å²) in [6, 6.07) is 12.0. The second kappa shape index (κ2) is 6.24. The summed E-state index contributed by atoms with van der Waals surface area (Å²) >= 11 is 3.04. The molecule has 0 spiro atoms. The van der Waals surface area contributed by atoms with Gasteiger partial charge in [-0.1, -0.05) is 44.2 Å². The van der Waals surface area contributed by atoms with Gasteiger partial charge in [0.05, 0.1) is 10.6 Å². The predicted octanol–water partition coefficient (Wildman–Crippen LogP) is 4.61. The van der Waals surface area contributed by atoms with Crippen molar-refractivity contribution in [1.82, 2.24) is 0 Å². The molecule has 0 amide bonds. The molecule has 0 fully saturated rings. The molecule has 21 heavy (non-hydrogen) atoms. The number of halogens is 3. The molecule has 1 unspecified atom stereocenters. The van der Waals surface area contributed by atoms with Crippen LogP contribution in [0.1, 0.15) is 25.0 Å². The van der Waals surface area contributed by atoms with Crippen LogP contribution in [0, 0.1) is 11.6 Å². The van der Waals surface area contributed by atoms with E-state index in [2.05, 4.69) is 15.9 Å². The van der Waals surface area contributed by atoms with Gasteiger partial charge in [-0.05, 0) is 33.6 Å². The van der Waals surface area contributed by atoms with Gasteiger partial charge in [0.15, 0.2) is 0 Å². The van der Waals surface area contributed by atoms with Gasteiger partial charge in [-0.25, -0.2) is 8.78 Å². The number of rotatable bonds is 4. The van der Waals surface area contributed by atoms with Gasteiger partial charge in [0.25, 0.3) is 0 Å². The van der Waals surface area contributed by atoms with Gasteiger partial charge in [0.2, 0.25) is 0 Å². The largest absolute Gasteiger partial charge is 0.392 e. The summed E-state index contributed by atoms with van der Waals surface area (Å²) < 4.78 is 28.0. The molecule has 1 nitrogen and oxygen atoms in total. The molecule has 112 valence electrons. The first kappa shape index (κ1) is 16.1. The van der Waals surface area contributed by atoms with E-state index in [4.69, 9.17) is 0 Å². The average Bonchev–Trinajstić information content (AvgIpc) is 2.48. The lowest BCUT2D eigenvalue weighted by molar-refractivity contribution is 0.0981. The van der Waals surface area contributed by atoms with Gasteiger partial charge in [-0.15, -0.1) is 0 Å². The summed E-state index contributed by atoms with van der Waals surface area (Å²) in [6.07, 6.45) is -0.989. The van der Waals surface area contributed by atoms with Crippen LogP contribution in [0.15, 0.2) is 46.9 Å². The third kappa shape index (κ3) is 3.33. The number of hydrogen-bond donors (Lipinski definition) is 1. The molecule has 0 heterocycles. The number of hydrogen-bond acceptors (Lipinski definition) is 1. The molecule has 0 saturated carbocycles. The van der Waals surface area contributed by atoms with E-state index in [1.807, 2.05) is 44.2 Å². The summed E-state index contributed by atoms with van der Waals surface area (Å²) in [6.45, 7) is 3.72. The summed E-state index contributed by atoms with van der Waals surface area (Å²) in [7, 11) is 0. The number of aliphatic hydroxyl groups excluding tert-OH is 1. The lowest BCUT2D eigenvalue weighted by Gasteiger charge is -2.31. The molecular weight excluding hydrogens is 338 g/mol. The van der Waals surface area contributed by atoms with E-state index in [1.165, 1.54) is 12.1 Å². The molecule has 2 aromatic carbocycles. The predicted molar refractivity (Wildman–Crippen MR) is 83.2 cm³/mol. The van der Waals surface area contributed by atoms with Crippen LogP contribution in [0.2, 0.25) is 0 Å². The molecule has 0 aromatic heterocycles. The van der Waals surface area contributed by atoms with Gasteiger partial charge < -0.3 is 5.11 Å². The lowest BCUT2D eigenvalue weighted by atomic mass is 9.77. The first-order valence-corrected chi connectivity index (χ1v) is 7.49. The van der Waals surface area contributed by atoms with Crippen LogP contribution in [-0.4, -0.2) is 11.2 Å². The van der Waals surface area contributed by atoms with Gasteiger partial charge in [0, 0.05) is 17.4 Å². The quantitative estimate of drug-likeness (QED) is 0.795. The van der Waals surface area contributed by atoms with Gasteiger partial charge in [0.1, 0.15) is 11.6 Å². The highest BCUT2D eigenvalue weighted by molar-refractivity contribution is 9.10. The van der Waals surface area contributed by atoms with Crippen LogP contribution in [0.3, 0.4) is 0 Å². The van der Waals surface area contributed by atoms with E-state index in [9.17, 15) is 13.9 Å². The van der Waals surface area contributed by atoms with E-state index in [1.54, 1.807) is 0 Å². The van der Waals surface area contributed by atoms with Gasteiger partial charge in [-0.2, -0.15) is 0 Å². The third-order valence-electron chi connectivity index (χ3n) is 3.89. The zero-order valence-electron chi connectivity index (χ0n) is 11.9. The Labute approximate surface area is 131 Å². The van der Waals surface area contributed by atoms with Gasteiger partial charge >= 0.3 is 0 Å². The van der Waals surface area contributed by atoms with Crippen molar-refractivity contribution in [2.45, 2.75) is 31.8 Å². The molecule has 0 saturated heterocycles. The van der Waals surface area contributed by atoms with E-state index in [-0.39, 0.29) is 16.5 Å². The highest BCUT2D eigenvalue weighted by Crippen LogP contribution is 2.31. The van der Waals surface area contributed by atoms with Crippen molar-refractivity contribution in [1.29, 1.82) is 0 Å². The van der Waals surface area contributed by atoms with Crippen molar-refractivity contribution in [2.24, 2.45) is 0 Å². The molecule has 1 atom stereocenters. The SMILES string of the molecule is CC(C)(c1ccccc1)C(O)Cc1c(F)ccc(Br)c1F. The average molecular weight is 355 g/mol. The fourth-order valence-electron chi connectivity index (χ4n) is 2.26. The van der Waals surface area contributed by atoms with Crippen molar-refractivity contribution < 1.29 is 13.9 Å². The van der Waals surface area contributed by atoms with E-state index in [0.29, 0.717) is 0 Å². The van der Waals surface area contributed by atoms with Gasteiger partial charge in [-0.3, -0.25) is 0 Å². The molecular formula is C17H17BrF2O. The van der Waals surface area contributed by atoms with E-state index >= 15 is 0 Å². The minimum absolute atomic E-state index is 0.0843. The minimum Gasteiger partial charge on any atom is -0.392 e. The van der Waals surface area contributed by atoms with Crippen LogP contribution >= 0.6 is 15.9 Å². The lowest BCUT2D eigenvalue weighted by Crippen LogP contribution is -2.35. The molecule has 0 aliphatic heterocycles. The summed E-state index contributed by atoms with van der Waals surface area (Å²) in [5, 5.41) is 10.5. The molecule has 4 heteroatoms. The Kier molecular flexibility index (Phi) is 4.79. The zero-order chi connectivity index (χ0) is 15.6. The highest BCUT2D eigenvalue weighted by atomic mass is 79.9. The van der Waals surface area contributed by atoms with Crippen molar-refractivity contribution >= 4 is 15.9 Å². The maximum Gasteiger partial charge on any atom is 0.143 e. The Morgan fingerprint density at radius 3 is 2.33 bits per heavy atom. The van der Waals surface area contributed by atoms with E-state index < -0.39 is 23.2 Å². The second-order valence-corrected chi connectivity index (χ2v) is 6.48. The zero-order valence-corrected chi connectivity index (χ0v) is 13.5. The minimum atomic E-state index is -0.904. The highest BCUT2D eigenvalue weighted by Gasteiger charge is 2.31. The maximum absolute atomic E-state index is 14.0. The summed E-state index contributed by atoms with van der Waals surface area (Å²) in [5.74, 6) is -1.29. The number of benzene rings is 2.